The SMILES string of the molecule is CCOC(=O)c1cc(Cl)cc(C=O)c1C#N. The monoisotopic (exact) mass is 237 g/mol. The molecule has 0 aliphatic rings. The molecule has 0 radical (unpaired) electrons. The van der Waals surface area contributed by atoms with Crippen LogP contribution in [0.25, 0.3) is 0 Å². The van der Waals surface area contributed by atoms with Crippen molar-refractivity contribution in [2.24, 2.45) is 0 Å². The Bertz CT molecular complexity index is 477. The molecule has 0 fully saturated rings. The van der Waals surface area contributed by atoms with Gasteiger partial charge in [0.15, 0.2) is 6.29 Å². The van der Waals surface area contributed by atoms with Crippen LogP contribution >= 0.6 is 11.6 Å². The van der Waals surface area contributed by atoms with E-state index in [4.69, 9.17) is 21.6 Å². The van der Waals surface area contributed by atoms with E-state index in [1.165, 1.54) is 12.1 Å². The highest BCUT2D eigenvalue weighted by Gasteiger charge is 2.17. The number of ether oxygens (including phenoxy) is 1. The zero-order valence-corrected chi connectivity index (χ0v) is 9.25. The van der Waals surface area contributed by atoms with E-state index in [9.17, 15) is 9.59 Å². The molecule has 1 aromatic rings. The molecule has 0 heterocycles. The summed E-state index contributed by atoms with van der Waals surface area (Å²) in [5.74, 6) is -0.662. The van der Waals surface area contributed by atoms with Gasteiger partial charge in [0.1, 0.15) is 6.07 Å². The highest BCUT2D eigenvalue weighted by atomic mass is 35.5. The fourth-order valence-electron chi connectivity index (χ4n) is 1.22. The maximum absolute atomic E-state index is 11.5. The van der Waals surface area contributed by atoms with E-state index in [1.54, 1.807) is 13.0 Å². The summed E-state index contributed by atoms with van der Waals surface area (Å²) in [7, 11) is 0. The van der Waals surface area contributed by atoms with Crippen LogP contribution in [0.3, 0.4) is 0 Å². The fourth-order valence-corrected chi connectivity index (χ4v) is 1.44. The van der Waals surface area contributed by atoms with Gasteiger partial charge in [-0.25, -0.2) is 4.79 Å². The van der Waals surface area contributed by atoms with Gasteiger partial charge in [-0.1, -0.05) is 11.6 Å². The summed E-state index contributed by atoms with van der Waals surface area (Å²) < 4.78 is 4.76. The second-order valence-corrected chi connectivity index (χ2v) is 3.30. The summed E-state index contributed by atoms with van der Waals surface area (Å²) in [6, 6.07) is 4.43. The van der Waals surface area contributed by atoms with Gasteiger partial charge in [-0.2, -0.15) is 5.26 Å². The van der Waals surface area contributed by atoms with Crippen molar-refractivity contribution in [1.29, 1.82) is 5.26 Å². The van der Waals surface area contributed by atoms with E-state index >= 15 is 0 Å². The number of halogens is 1. The zero-order valence-electron chi connectivity index (χ0n) is 8.49. The summed E-state index contributed by atoms with van der Waals surface area (Å²) in [5.41, 5.74) is 0.0786. The first-order valence-corrected chi connectivity index (χ1v) is 4.87. The lowest BCUT2D eigenvalue weighted by atomic mass is 10.0. The summed E-state index contributed by atoms with van der Waals surface area (Å²) in [6.45, 7) is 1.84. The van der Waals surface area contributed by atoms with Crippen molar-refractivity contribution in [2.45, 2.75) is 6.92 Å². The van der Waals surface area contributed by atoms with Gasteiger partial charge in [-0.3, -0.25) is 4.79 Å². The highest BCUT2D eigenvalue weighted by molar-refractivity contribution is 6.31. The summed E-state index contributed by atoms with van der Waals surface area (Å²) in [4.78, 5) is 22.2. The van der Waals surface area contributed by atoms with Crippen LogP contribution in [0.5, 0.6) is 0 Å². The third kappa shape index (κ3) is 2.38. The third-order valence-corrected chi connectivity index (χ3v) is 2.09. The van der Waals surface area contributed by atoms with Gasteiger partial charge in [0.2, 0.25) is 0 Å². The smallest absolute Gasteiger partial charge is 0.339 e. The molecular weight excluding hydrogens is 230 g/mol. The summed E-state index contributed by atoms with van der Waals surface area (Å²) >= 11 is 5.73. The van der Waals surface area contributed by atoms with Crippen LogP contribution in [-0.4, -0.2) is 18.9 Å². The van der Waals surface area contributed by atoms with Gasteiger partial charge in [-0.05, 0) is 19.1 Å². The van der Waals surface area contributed by atoms with Crippen molar-refractivity contribution in [2.75, 3.05) is 6.61 Å². The van der Waals surface area contributed by atoms with E-state index in [2.05, 4.69) is 0 Å². The maximum Gasteiger partial charge on any atom is 0.339 e. The molecule has 0 spiro atoms. The maximum atomic E-state index is 11.5. The molecular formula is C11H8ClNO3. The number of nitriles is 1. The molecule has 1 aromatic carbocycles. The minimum absolute atomic E-state index is 0.0129. The lowest BCUT2D eigenvalue weighted by Crippen LogP contribution is -2.08. The van der Waals surface area contributed by atoms with Crippen LogP contribution in [0.4, 0.5) is 0 Å². The highest BCUT2D eigenvalue weighted by Crippen LogP contribution is 2.20. The molecule has 16 heavy (non-hydrogen) atoms. The van der Waals surface area contributed by atoms with Crippen LogP contribution in [-0.2, 0) is 4.74 Å². The number of hydrogen-bond donors (Lipinski definition) is 0. The lowest BCUT2D eigenvalue weighted by molar-refractivity contribution is 0.0526. The predicted molar refractivity (Wildman–Crippen MR) is 57.5 cm³/mol. The molecule has 0 aliphatic carbocycles. The third-order valence-electron chi connectivity index (χ3n) is 1.87. The Morgan fingerprint density at radius 2 is 2.31 bits per heavy atom. The summed E-state index contributed by atoms with van der Waals surface area (Å²) in [6.07, 6.45) is 0.479. The number of aldehydes is 1. The first-order chi connectivity index (χ1) is 7.63. The molecule has 0 aromatic heterocycles. The Morgan fingerprint density at radius 3 is 2.81 bits per heavy atom. The van der Waals surface area contributed by atoms with E-state index in [-0.39, 0.29) is 28.3 Å². The molecule has 0 saturated carbocycles. The Hall–Kier alpha value is -1.86. The molecule has 0 unspecified atom stereocenters. The standard InChI is InChI=1S/C11H8ClNO3/c1-2-16-11(15)9-4-8(12)3-7(6-14)10(9)5-13/h3-4,6H,2H2,1H3. The van der Waals surface area contributed by atoms with Crippen LogP contribution in [0.1, 0.15) is 33.2 Å². The predicted octanol–water partition coefficient (Wildman–Crippen LogP) is 2.20. The Labute approximate surface area is 97.4 Å². The van der Waals surface area contributed by atoms with Crippen LogP contribution in [0.2, 0.25) is 5.02 Å². The Kier molecular flexibility index (Phi) is 4.03. The van der Waals surface area contributed by atoms with Crippen molar-refractivity contribution < 1.29 is 14.3 Å². The molecule has 0 saturated heterocycles. The Morgan fingerprint density at radius 1 is 1.62 bits per heavy atom. The fraction of sp³-hybridized carbons (Fsp3) is 0.182. The second-order valence-electron chi connectivity index (χ2n) is 2.87. The number of hydrogen-bond acceptors (Lipinski definition) is 4. The second kappa shape index (κ2) is 5.29. The number of nitrogens with zero attached hydrogens (tertiary/aromatic N) is 1. The number of esters is 1. The first-order valence-electron chi connectivity index (χ1n) is 4.50. The Balaban J connectivity index is 3.37. The summed E-state index contributed by atoms with van der Waals surface area (Å²) in [5, 5.41) is 9.09. The van der Waals surface area contributed by atoms with Gasteiger partial charge in [0.25, 0.3) is 0 Å². The van der Waals surface area contributed by atoms with E-state index in [0.717, 1.165) is 0 Å². The van der Waals surface area contributed by atoms with E-state index < -0.39 is 5.97 Å². The van der Waals surface area contributed by atoms with Crippen molar-refractivity contribution >= 4 is 23.9 Å². The van der Waals surface area contributed by atoms with E-state index in [1.807, 2.05) is 0 Å². The number of benzene rings is 1. The lowest BCUT2D eigenvalue weighted by Gasteiger charge is -2.06. The molecule has 0 atom stereocenters. The molecule has 0 N–H and O–H groups in total. The van der Waals surface area contributed by atoms with Gasteiger partial charge < -0.3 is 4.74 Å². The molecule has 5 heteroatoms. The van der Waals surface area contributed by atoms with Crippen molar-refractivity contribution in [1.82, 2.24) is 0 Å². The quantitative estimate of drug-likeness (QED) is 0.597. The van der Waals surface area contributed by atoms with Crippen LogP contribution in [0, 0.1) is 11.3 Å². The van der Waals surface area contributed by atoms with Gasteiger partial charge in [0, 0.05) is 10.6 Å². The first kappa shape index (κ1) is 12.2. The number of rotatable bonds is 3. The molecule has 0 bridgehead atoms. The van der Waals surface area contributed by atoms with E-state index in [0.29, 0.717) is 6.29 Å². The minimum atomic E-state index is -0.662. The topological polar surface area (TPSA) is 67.2 Å². The largest absolute Gasteiger partial charge is 0.462 e. The van der Waals surface area contributed by atoms with Crippen molar-refractivity contribution in [3.63, 3.8) is 0 Å². The average Bonchev–Trinajstić information content (AvgIpc) is 2.28. The zero-order chi connectivity index (χ0) is 12.1. The van der Waals surface area contributed by atoms with Crippen molar-refractivity contribution in [3.8, 4) is 6.07 Å². The number of carbonyl (C=O) groups excluding carboxylic acids is 2. The molecule has 0 aliphatic heterocycles. The molecule has 4 nitrogen and oxygen atoms in total. The average molecular weight is 238 g/mol. The molecule has 82 valence electrons. The minimum Gasteiger partial charge on any atom is -0.462 e. The molecule has 1 rings (SSSR count). The van der Waals surface area contributed by atoms with Gasteiger partial charge in [0.05, 0.1) is 17.7 Å². The van der Waals surface area contributed by atoms with Gasteiger partial charge >= 0.3 is 5.97 Å². The van der Waals surface area contributed by atoms with Gasteiger partial charge in [-0.15, -0.1) is 0 Å². The van der Waals surface area contributed by atoms with Crippen LogP contribution < -0.4 is 0 Å². The molecule has 0 amide bonds. The van der Waals surface area contributed by atoms with Crippen LogP contribution in [0.15, 0.2) is 12.1 Å². The van der Waals surface area contributed by atoms with Crippen molar-refractivity contribution in [3.05, 3.63) is 33.8 Å². The normalized spacial score (nSPS) is 9.31. The number of carbonyl (C=O) groups is 2.